The number of rotatable bonds is 7. The minimum atomic E-state index is -1.04. The van der Waals surface area contributed by atoms with E-state index < -0.39 is 11.6 Å². The fourth-order valence-electron chi connectivity index (χ4n) is 4.18. The zero-order valence-electron chi connectivity index (χ0n) is 16.3. The molecule has 0 saturated carbocycles. The molecule has 0 unspecified atom stereocenters. The van der Waals surface area contributed by atoms with Crippen molar-refractivity contribution in [3.8, 4) is 5.75 Å². The third-order valence-corrected chi connectivity index (χ3v) is 5.87. The number of carbonyl (C=O) groups excluding carboxylic acids is 1. The fourth-order valence-corrected chi connectivity index (χ4v) is 4.18. The Kier molecular flexibility index (Phi) is 5.73. The van der Waals surface area contributed by atoms with Gasteiger partial charge in [-0.3, -0.25) is 0 Å². The molecule has 2 aromatic rings. The Bertz CT molecular complexity index is 970. The Morgan fingerprint density at radius 1 is 1.36 bits per heavy atom. The summed E-state index contributed by atoms with van der Waals surface area (Å²) >= 11 is 0. The highest BCUT2D eigenvalue weighted by Gasteiger charge is 2.42. The molecule has 0 aliphatic heterocycles. The molecule has 5 heteroatoms. The van der Waals surface area contributed by atoms with Crippen molar-refractivity contribution in [1.29, 1.82) is 0 Å². The largest absolute Gasteiger partial charge is 0.550 e. The second-order valence-electron chi connectivity index (χ2n) is 7.81. The zero-order chi connectivity index (χ0) is 20.3. The van der Waals surface area contributed by atoms with Gasteiger partial charge in [-0.1, -0.05) is 31.2 Å². The highest BCUT2D eigenvalue weighted by molar-refractivity contribution is 5.77. The smallest absolute Gasteiger partial charge is 0.336 e. The minimum absolute atomic E-state index is 0.00571. The van der Waals surface area contributed by atoms with Crippen molar-refractivity contribution in [3.63, 3.8) is 0 Å². The maximum absolute atomic E-state index is 11.4. The summed E-state index contributed by atoms with van der Waals surface area (Å²) in [5, 5.41) is 11.9. The molecule has 0 spiro atoms. The van der Waals surface area contributed by atoms with Gasteiger partial charge in [-0.05, 0) is 55.7 Å². The lowest BCUT2D eigenvalue weighted by atomic mass is 9.60. The minimum Gasteiger partial charge on any atom is -0.550 e. The molecule has 1 heterocycles. The predicted molar refractivity (Wildman–Crippen MR) is 106 cm³/mol. The van der Waals surface area contributed by atoms with Crippen molar-refractivity contribution < 1.29 is 19.1 Å². The van der Waals surface area contributed by atoms with E-state index in [9.17, 15) is 14.7 Å². The van der Waals surface area contributed by atoms with Gasteiger partial charge in [-0.25, -0.2) is 4.79 Å². The highest BCUT2D eigenvalue weighted by atomic mass is 16.5. The number of carbonyl (C=O) groups is 1. The molecule has 1 aliphatic carbocycles. The number of hydrogen-bond donors (Lipinski definition) is 0. The van der Waals surface area contributed by atoms with Crippen LogP contribution in [0.4, 0.5) is 0 Å². The van der Waals surface area contributed by atoms with E-state index in [0.29, 0.717) is 24.4 Å². The average Bonchev–Trinajstić information content (AvgIpc) is 2.65. The molecule has 0 radical (unpaired) electrons. The molecule has 0 bridgehead atoms. The van der Waals surface area contributed by atoms with Crippen molar-refractivity contribution in [2.24, 2.45) is 17.3 Å². The Balaban J connectivity index is 1.81. The summed E-state index contributed by atoms with van der Waals surface area (Å²) in [6.07, 6.45) is 5.57. The van der Waals surface area contributed by atoms with Crippen LogP contribution in [0.15, 0.2) is 63.8 Å². The molecule has 3 rings (SSSR count). The van der Waals surface area contributed by atoms with Crippen molar-refractivity contribution >= 4 is 16.9 Å². The Morgan fingerprint density at radius 2 is 2.11 bits per heavy atom. The van der Waals surface area contributed by atoms with Crippen LogP contribution in [0.2, 0.25) is 0 Å². The first-order valence-corrected chi connectivity index (χ1v) is 9.48. The summed E-state index contributed by atoms with van der Waals surface area (Å²) in [6, 6.07) is 8.48. The van der Waals surface area contributed by atoms with E-state index in [1.165, 1.54) is 6.07 Å². The Morgan fingerprint density at radius 3 is 2.82 bits per heavy atom. The van der Waals surface area contributed by atoms with Crippen LogP contribution < -0.4 is 15.5 Å². The molecule has 0 amide bonds. The van der Waals surface area contributed by atoms with Gasteiger partial charge < -0.3 is 19.1 Å². The van der Waals surface area contributed by atoms with Crippen molar-refractivity contribution in [2.45, 2.75) is 33.1 Å². The SMILES string of the molecule is C=C(C)[C@H]1CC=C[C@@H](COc2ccc3ccc(=O)oc3c2)[C@]1(C)CCC(=O)[O-]. The monoisotopic (exact) mass is 381 g/mol. The number of hydrogen-bond acceptors (Lipinski definition) is 5. The molecule has 1 aromatic heterocycles. The number of fused-ring (bicyclic) bond motifs is 1. The summed E-state index contributed by atoms with van der Waals surface area (Å²) in [7, 11) is 0. The number of aliphatic carboxylic acids is 1. The van der Waals surface area contributed by atoms with E-state index in [2.05, 4.69) is 25.7 Å². The summed E-state index contributed by atoms with van der Waals surface area (Å²) in [5.41, 5.74) is 0.828. The standard InChI is InChI=1S/C23H26O5/c1-15(2)19-6-4-5-17(23(19,3)12-11-21(24)25)14-27-18-9-7-16-8-10-22(26)28-20(16)13-18/h4-5,7-10,13,17,19H,1,6,11-12,14H2,2-3H3,(H,24,25)/p-1/t17-,19+,23-/m0/s1. The van der Waals surface area contributed by atoms with Crippen LogP contribution in [0.5, 0.6) is 5.75 Å². The van der Waals surface area contributed by atoms with Gasteiger partial charge in [0.25, 0.3) is 0 Å². The maximum atomic E-state index is 11.4. The molecule has 1 aromatic carbocycles. The molecule has 3 atom stereocenters. The molecule has 0 fully saturated rings. The normalized spacial score (nSPS) is 24.2. The molecular formula is C23H25O5-. The van der Waals surface area contributed by atoms with Crippen molar-refractivity contribution in [1.82, 2.24) is 0 Å². The molecule has 0 N–H and O–H groups in total. The number of carboxylic acids is 1. The molecular weight excluding hydrogens is 356 g/mol. The molecule has 28 heavy (non-hydrogen) atoms. The lowest BCUT2D eigenvalue weighted by Gasteiger charge is -2.45. The number of allylic oxidation sites excluding steroid dienone is 2. The van der Waals surface area contributed by atoms with Gasteiger partial charge in [0.05, 0.1) is 6.61 Å². The van der Waals surface area contributed by atoms with Crippen LogP contribution in [-0.4, -0.2) is 12.6 Å². The van der Waals surface area contributed by atoms with Gasteiger partial charge >= 0.3 is 5.63 Å². The number of carboxylic acid groups (broad SMARTS) is 1. The third-order valence-electron chi connectivity index (χ3n) is 5.87. The van der Waals surface area contributed by atoms with Crippen LogP contribution >= 0.6 is 0 Å². The van der Waals surface area contributed by atoms with Gasteiger partial charge in [-0.2, -0.15) is 0 Å². The van der Waals surface area contributed by atoms with Crippen LogP contribution in [0.1, 0.15) is 33.1 Å². The molecule has 148 valence electrons. The van der Waals surface area contributed by atoms with Crippen LogP contribution in [0.3, 0.4) is 0 Å². The van der Waals surface area contributed by atoms with E-state index >= 15 is 0 Å². The second kappa shape index (κ2) is 8.05. The van der Waals surface area contributed by atoms with Crippen LogP contribution in [0.25, 0.3) is 11.0 Å². The summed E-state index contributed by atoms with van der Waals surface area (Å²) in [6.45, 7) is 8.61. The molecule has 5 nitrogen and oxygen atoms in total. The van der Waals surface area contributed by atoms with E-state index in [1.807, 2.05) is 19.1 Å². The molecule has 1 aliphatic rings. The Labute approximate surface area is 164 Å². The maximum Gasteiger partial charge on any atom is 0.336 e. The van der Waals surface area contributed by atoms with Gasteiger partial charge in [0, 0.05) is 29.4 Å². The van der Waals surface area contributed by atoms with Crippen molar-refractivity contribution in [3.05, 3.63) is 65.1 Å². The van der Waals surface area contributed by atoms with Gasteiger partial charge in [0.15, 0.2) is 0 Å². The topological polar surface area (TPSA) is 79.6 Å². The summed E-state index contributed by atoms with van der Waals surface area (Å²) < 4.78 is 11.2. The van der Waals surface area contributed by atoms with E-state index in [-0.39, 0.29) is 23.7 Å². The van der Waals surface area contributed by atoms with Crippen LogP contribution in [-0.2, 0) is 4.79 Å². The fraction of sp³-hybridized carbons (Fsp3) is 0.391. The van der Waals surface area contributed by atoms with Crippen LogP contribution in [0, 0.1) is 17.3 Å². The van der Waals surface area contributed by atoms with E-state index in [4.69, 9.17) is 9.15 Å². The first-order chi connectivity index (χ1) is 13.3. The predicted octanol–water partition coefficient (Wildman–Crippen LogP) is 3.48. The second-order valence-corrected chi connectivity index (χ2v) is 7.81. The molecule has 0 saturated heterocycles. The summed E-state index contributed by atoms with van der Waals surface area (Å²) in [4.78, 5) is 22.5. The zero-order valence-corrected chi connectivity index (χ0v) is 16.3. The van der Waals surface area contributed by atoms with Crippen molar-refractivity contribution in [2.75, 3.05) is 6.61 Å². The number of benzene rings is 1. The number of ether oxygens (including phenoxy) is 1. The highest BCUT2D eigenvalue weighted by Crippen LogP contribution is 2.48. The third kappa shape index (κ3) is 4.19. The van der Waals surface area contributed by atoms with Gasteiger partial charge in [-0.15, -0.1) is 0 Å². The lowest BCUT2D eigenvalue weighted by Crippen LogP contribution is -2.41. The van der Waals surface area contributed by atoms with E-state index in [0.717, 1.165) is 17.4 Å². The average molecular weight is 381 g/mol. The quantitative estimate of drug-likeness (QED) is 0.542. The first kappa shape index (κ1) is 19.9. The summed E-state index contributed by atoms with van der Waals surface area (Å²) in [5.74, 6) is -0.226. The lowest BCUT2D eigenvalue weighted by molar-refractivity contribution is -0.306. The first-order valence-electron chi connectivity index (χ1n) is 9.48. The Hall–Kier alpha value is -2.82. The van der Waals surface area contributed by atoms with E-state index in [1.54, 1.807) is 12.1 Å². The van der Waals surface area contributed by atoms with Gasteiger partial charge in [0.2, 0.25) is 0 Å². The van der Waals surface area contributed by atoms with Gasteiger partial charge in [0.1, 0.15) is 11.3 Å².